The lowest BCUT2D eigenvalue weighted by atomic mass is 10.0. The molecule has 0 aliphatic heterocycles. The summed E-state index contributed by atoms with van der Waals surface area (Å²) in [7, 11) is 0. The number of hydrogen-bond donors (Lipinski definition) is 4. The molecule has 1 rings (SSSR count). The Bertz CT molecular complexity index is 566. The quantitative estimate of drug-likeness (QED) is 0.155. The van der Waals surface area contributed by atoms with Crippen LogP contribution < -0.4 is 5.32 Å². The average Bonchev–Trinajstić information content (AvgIpc) is 2.73. The van der Waals surface area contributed by atoms with Gasteiger partial charge in [0.15, 0.2) is 17.2 Å². The van der Waals surface area contributed by atoms with Crippen LogP contribution in [0.1, 0.15) is 120 Å². The van der Waals surface area contributed by atoms with E-state index in [4.69, 9.17) is 0 Å². The van der Waals surface area contributed by atoms with Crippen molar-refractivity contribution < 1.29 is 20.1 Å². The van der Waals surface area contributed by atoms with Crippen molar-refractivity contribution in [2.75, 3.05) is 6.54 Å². The molecule has 4 N–H and O–H groups in total. The Morgan fingerprint density at radius 3 is 1.43 bits per heavy atom. The monoisotopic (exact) mass is 421 g/mol. The third-order valence-corrected chi connectivity index (χ3v) is 5.65. The van der Waals surface area contributed by atoms with Gasteiger partial charge in [-0.15, -0.1) is 0 Å². The predicted octanol–water partition coefficient (Wildman–Crippen LogP) is 6.79. The van der Waals surface area contributed by atoms with Gasteiger partial charge in [-0.3, -0.25) is 4.79 Å². The summed E-state index contributed by atoms with van der Waals surface area (Å²) >= 11 is 0. The van der Waals surface area contributed by atoms with Crippen molar-refractivity contribution in [2.45, 2.75) is 110 Å². The van der Waals surface area contributed by atoms with E-state index in [1.54, 1.807) is 0 Å². The van der Waals surface area contributed by atoms with Crippen LogP contribution in [0.15, 0.2) is 12.1 Å². The van der Waals surface area contributed by atoms with Gasteiger partial charge in [0.1, 0.15) is 0 Å². The topological polar surface area (TPSA) is 89.8 Å². The molecule has 0 aliphatic carbocycles. The Morgan fingerprint density at radius 2 is 1.03 bits per heavy atom. The molecule has 0 fully saturated rings. The molecule has 0 aromatic heterocycles. The smallest absolute Gasteiger partial charge is 0.251 e. The van der Waals surface area contributed by atoms with Crippen molar-refractivity contribution in [3.05, 3.63) is 17.7 Å². The zero-order valence-electron chi connectivity index (χ0n) is 18.9. The number of unbranched alkanes of at least 4 members (excludes halogenated alkanes) is 15. The first-order chi connectivity index (χ1) is 14.6. The number of carbonyl (C=O) groups excluding carboxylic acids is 1. The Balaban J connectivity index is 1.88. The Hall–Kier alpha value is -1.91. The van der Waals surface area contributed by atoms with Gasteiger partial charge in [0.2, 0.25) is 0 Å². The van der Waals surface area contributed by atoms with E-state index in [2.05, 4.69) is 12.2 Å². The molecule has 0 unspecified atom stereocenters. The number of benzene rings is 1. The fourth-order valence-electron chi connectivity index (χ4n) is 3.71. The van der Waals surface area contributed by atoms with Gasteiger partial charge in [0.05, 0.1) is 0 Å². The highest BCUT2D eigenvalue weighted by Crippen LogP contribution is 2.35. The zero-order valence-corrected chi connectivity index (χ0v) is 18.9. The van der Waals surface area contributed by atoms with E-state index in [1.165, 1.54) is 89.9 Å². The number of hydrogen-bond acceptors (Lipinski definition) is 4. The van der Waals surface area contributed by atoms with Crippen LogP contribution in [0.5, 0.6) is 17.2 Å². The normalized spacial score (nSPS) is 11.0. The number of phenols is 3. The van der Waals surface area contributed by atoms with Gasteiger partial charge >= 0.3 is 0 Å². The van der Waals surface area contributed by atoms with Crippen LogP contribution in [-0.2, 0) is 0 Å². The second-order valence-corrected chi connectivity index (χ2v) is 8.42. The number of carbonyl (C=O) groups is 1. The van der Waals surface area contributed by atoms with E-state index < -0.39 is 17.2 Å². The van der Waals surface area contributed by atoms with Crippen LogP contribution in [0.4, 0.5) is 0 Å². The summed E-state index contributed by atoms with van der Waals surface area (Å²) < 4.78 is 0. The Morgan fingerprint density at radius 1 is 0.667 bits per heavy atom. The van der Waals surface area contributed by atoms with Crippen molar-refractivity contribution in [3.8, 4) is 17.2 Å². The summed E-state index contributed by atoms with van der Waals surface area (Å²) in [6.45, 7) is 2.83. The molecule has 5 heteroatoms. The van der Waals surface area contributed by atoms with Crippen molar-refractivity contribution in [2.24, 2.45) is 0 Å². The molecule has 0 saturated carbocycles. The molecule has 172 valence electrons. The first-order valence-electron chi connectivity index (χ1n) is 12.1. The van der Waals surface area contributed by atoms with Crippen molar-refractivity contribution >= 4 is 5.91 Å². The number of phenolic OH excluding ortho intramolecular Hbond substituents is 3. The molecule has 0 bridgehead atoms. The maximum atomic E-state index is 12.0. The highest BCUT2D eigenvalue weighted by molar-refractivity contribution is 5.95. The number of amides is 1. The molecule has 0 atom stereocenters. The van der Waals surface area contributed by atoms with E-state index in [9.17, 15) is 20.1 Å². The largest absolute Gasteiger partial charge is 0.504 e. The van der Waals surface area contributed by atoms with Gasteiger partial charge in [-0.2, -0.15) is 0 Å². The molecule has 1 aromatic carbocycles. The summed E-state index contributed by atoms with van der Waals surface area (Å²) in [4.78, 5) is 12.0. The summed E-state index contributed by atoms with van der Waals surface area (Å²) in [6, 6.07) is 2.30. The van der Waals surface area contributed by atoms with E-state index in [-0.39, 0.29) is 11.5 Å². The average molecular weight is 422 g/mol. The predicted molar refractivity (Wildman–Crippen MR) is 123 cm³/mol. The van der Waals surface area contributed by atoms with Crippen molar-refractivity contribution in [1.29, 1.82) is 0 Å². The fraction of sp³-hybridized carbons (Fsp3) is 0.720. The number of rotatable bonds is 18. The molecule has 5 nitrogen and oxygen atoms in total. The van der Waals surface area contributed by atoms with E-state index in [1.807, 2.05) is 0 Å². The molecular formula is C25H43NO4. The first-order valence-corrected chi connectivity index (χ1v) is 12.1. The Labute approximate surface area is 182 Å². The van der Waals surface area contributed by atoms with Crippen molar-refractivity contribution in [3.63, 3.8) is 0 Å². The molecular weight excluding hydrogens is 378 g/mol. The summed E-state index contributed by atoms with van der Waals surface area (Å²) in [6.07, 6.45) is 21.0. The molecule has 0 heterocycles. The summed E-state index contributed by atoms with van der Waals surface area (Å²) in [5, 5.41) is 31.0. The van der Waals surface area contributed by atoms with Gasteiger partial charge in [0, 0.05) is 12.1 Å². The molecule has 0 spiro atoms. The van der Waals surface area contributed by atoms with Crippen LogP contribution in [0, 0.1) is 0 Å². The van der Waals surface area contributed by atoms with E-state index >= 15 is 0 Å². The van der Waals surface area contributed by atoms with Gasteiger partial charge in [-0.1, -0.05) is 103 Å². The third-order valence-electron chi connectivity index (χ3n) is 5.65. The van der Waals surface area contributed by atoms with Gasteiger partial charge in [-0.25, -0.2) is 0 Å². The van der Waals surface area contributed by atoms with E-state index in [0.717, 1.165) is 25.0 Å². The maximum Gasteiger partial charge on any atom is 0.251 e. The highest BCUT2D eigenvalue weighted by Gasteiger charge is 2.12. The lowest BCUT2D eigenvalue weighted by Crippen LogP contribution is -2.24. The van der Waals surface area contributed by atoms with Gasteiger partial charge in [-0.05, 0) is 18.6 Å². The maximum absolute atomic E-state index is 12.0. The lowest BCUT2D eigenvalue weighted by Gasteiger charge is -2.07. The molecule has 1 amide bonds. The fourth-order valence-corrected chi connectivity index (χ4v) is 3.71. The lowest BCUT2D eigenvalue weighted by molar-refractivity contribution is 0.0952. The van der Waals surface area contributed by atoms with Crippen LogP contribution in [-0.4, -0.2) is 27.8 Å². The van der Waals surface area contributed by atoms with Crippen LogP contribution >= 0.6 is 0 Å². The molecule has 0 radical (unpaired) electrons. The molecule has 0 aliphatic rings. The molecule has 0 saturated heterocycles. The Kier molecular flexibility index (Phi) is 14.7. The minimum absolute atomic E-state index is 0.138. The van der Waals surface area contributed by atoms with Gasteiger partial charge in [0.25, 0.3) is 5.91 Å². The minimum Gasteiger partial charge on any atom is -0.504 e. The summed E-state index contributed by atoms with van der Waals surface area (Å²) in [5.74, 6) is -1.96. The number of aromatic hydroxyl groups is 3. The van der Waals surface area contributed by atoms with Crippen molar-refractivity contribution in [1.82, 2.24) is 5.32 Å². The number of nitrogens with one attached hydrogen (secondary N) is 1. The highest BCUT2D eigenvalue weighted by atomic mass is 16.3. The standard InChI is InChI=1S/C25H43NO4/c1-2-3-4-5-6-7-8-9-10-11-12-13-14-15-16-17-18-26-25(30)21-19-22(27)24(29)23(28)20-21/h19-20,27-29H,2-18H2,1H3,(H,26,30). The third kappa shape index (κ3) is 11.9. The van der Waals surface area contributed by atoms with Gasteiger partial charge < -0.3 is 20.6 Å². The summed E-state index contributed by atoms with van der Waals surface area (Å²) in [5.41, 5.74) is 0.138. The van der Waals surface area contributed by atoms with Crippen LogP contribution in [0.25, 0.3) is 0 Å². The van der Waals surface area contributed by atoms with E-state index in [0.29, 0.717) is 6.54 Å². The second kappa shape index (κ2) is 16.8. The van der Waals surface area contributed by atoms with Crippen LogP contribution in [0.2, 0.25) is 0 Å². The van der Waals surface area contributed by atoms with Crippen LogP contribution in [0.3, 0.4) is 0 Å². The SMILES string of the molecule is CCCCCCCCCCCCCCCCCCNC(=O)c1cc(O)c(O)c(O)c1. The first kappa shape index (κ1) is 26.1. The molecule has 1 aromatic rings. The molecule has 30 heavy (non-hydrogen) atoms. The second-order valence-electron chi connectivity index (χ2n) is 8.42. The zero-order chi connectivity index (χ0) is 22.0. The minimum atomic E-state index is -0.607.